The lowest BCUT2D eigenvalue weighted by atomic mass is 10.3. The van der Waals surface area contributed by atoms with E-state index in [4.69, 9.17) is 11.6 Å². The highest BCUT2D eigenvalue weighted by molar-refractivity contribution is 9.10. The molecule has 0 saturated carbocycles. The van der Waals surface area contributed by atoms with Crippen molar-refractivity contribution in [2.24, 2.45) is 7.05 Å². The Hall–Kier alpha value is -1.12. The van der Waals surface area contributed by atoms with Gasteiger partial charge in [-0.05, 0) is 18.2 Å². The van der Waals surface area contributed by atoms with Crippen LogP contribution in [-0.4, -0.2) is 18.0 Å². The van der Waals surface area contributed by atoms with Gasteiger partial charge in [-0.3, -0.25) is 4.72 Å². The molecular formula is C10H8BrClFN3O2S. The minimum absolute atomic E-state index is 0.0509. The van der Waals surface area contributed by atoms with Crippen LogP contribution in [-0.2, 0) is 17.1 Å². The van der Waals surface area contributed by atoms with Crippen molar-refractivity contribution in [1.29, 1.82) is 0 Å². The summed E-state index contributed by atoms with van der Waals surface area (Å²) >= 11 is 8.89. The van der Waals surface area contributed by atoms with E-state index in [-0.39, 0.29) is 15.9 Å². The number of hydrogen-bond donors (Lipinski definition) is 1. The molecule has 0 atom stereocenters. The fourth-order valence-corrected chi connectivity index (χ4v) is 3.17. The van der Waals surface area contributed by atoms with E-state index < -0.39 is 15.8 Å². The molecule has 1 heterocycles. The van der Waals surface area contributed by atoms with Gasteiger partial charge in [0, 0.05) is 11.5 Å². The minimum Gasteiger partial charge on any atom is -0.324 e. The van der Waals surface area contributed by atoms with E-state index in [0.717, 1.165) is 6.07 Å². The zero-order valence-corrected chi connectivity index (χ0v) is 12.7. The molecule has 0 radical (unpaired) electrons. The lowest BCUT2D eigenvalue weighted by Crippen LogP contribution is -2.15. The van der Waals surface area contributed by atoms with Crippen molar-refractivity contribution < 1.29 is 12.8 Å². The standard InChI is InChI=1S/C10H8BrClFN3O2S/c1-16-5-14-10(9(16)12)19(17,18)15-8-3-2-6(11)4-7(8)13/h2-5,15H,1H3. The van der Waals surface area contributed by atoms with Crippen LogP contribution in [0.3, 0.4) is 0 Å². The van der Waals surface area contributed by atoms with Gasteiger partial charge in [-0.15, -0.1) is 0 Å². The number of nitrogens with zero attached hydrogens (tertiary/aromatic N) is 2. The van der Waals surface area contributed by atoms with Crippen molar-refractivity contribution in [2.75, 3.05) is 4.72 Å². The van der Waals surface area contributed by atoms with Crippen molar-refractivity contribution in [3.8, 4) is 0 Å². The zero-order chi connectivity index (χ0) is 14.2. The first-order valence-corrected chi connectivity index (χ1v) is 7.61. The van der Waals surface area contributed by atoms with Crippen molar-refractivity contribution in [1.82, 2.24) is 9.55 Å². The number of aryl methyl sites for hydroxylation is 1. The quantitative estimate of drug-likeness (QED) is 0.906. The lowest BCUT2D eigenvalue weighted by Gasteiger charge is -2.07. The third kappa shape index (κ3) is 2.90. The van der Waals surface area contributed by atoms with Gasteiger partial charge < -0.3 is 4.57 Å². The number of halogens is 3. The maximum absolute atomic E-state index is 13.6. The molecule has 1 N–H and O–H groups in total. The average molecular weight is 369 g/mol. The number of aromatic nitrogens is 2. The summed E-state index contributed by atoms with van der Waals surface area (Å²) in [5, 5.41) is -0.399. The molecule has 0 unspecified atom stereocenters. The molecule has 19 heavy (non-hydrogen) atoms. The fraction of sp³-hybridized carbons (Fsp3) is 0.100. The molecule has 0 fully saturated rings. The molecular weight excluding hydrogens is 361 g/mol. The summed E-state index contributed by atoms with van der Waals surface area (Å²) < 4.78 is 41.6. The Bertz CT molecular complexity index is 732. The van der Waals surface area contributed by atoms with Crippen LogP contribution in [0.2, 0.25) is 5.15 Å². The first-order chi connectivity index (χ1) is 8.81. The number of nitrogens with one attached hydrogen (secondary N) is 1. The number of benzene rings is 1. The third-order valence-electron chi connectivity index (χ3n) is 2.26. The number of sulfonamides is 1. The Morgan fingerprint density at radius 2 is 2.16 bits per heavy atom. The molecule has 9 heteroatoms. The topological polar surface area (TPSA) is 64.0 Å². The fourth-order valence-electron chi connectivity index (χ4n) is 1.34. The second kappa shape index (κ2) is 5.10. The van der Waals surface area contributed by atoms with Crippen LogP contribution in [0.15, 0.2) is 34.0 Å². The van der Waals surface area contributed by atoms with E-state index in [1.807, 2.05) is 0 Å². The lowest BCUT2D eigenvalue weighted by molar-refractivity contribution is 0.595. The number of anilines is 1. The monoisotopic (exact) mass is 367 g/mol. The Morgan fingerprint density at radius 1 is 1.47 bits per heavy atom. The van der Waals surface area contributed by atoms with Gasteiger partial charge in [-0.1, -0.05) is 27.5 Å². The molecule has 2 rings (SSSR count). The van der Waals surface area contributed by atoms with Crippen molar-refractivity contribution in [3.05, 3.63) is 40.0 Å². The van der Waals surface area contributed by atoms with Crippen LogP contribution >= 0.6 is 27.5 Å². The van der Waals surface area contributed by atoms with E-state index in [0.29, 0.717) is 4.47 Å². The molecule has 0 amide bonds. The van der Waals surface area contributed by atoms with Gasteiger partial charge >= 0.3 is 0 Å². The average Bonchev–Trinajstić information content (AvgIpc) is 2.64. The normalized spacial score (nSPS) is 11.6. The maximum Gasteiger partial charge on any atom is 0.282 e. The maximum atomic E-state index is 13.6. The first-order valence-electron chi connectivity index (χ1n) is 4.96. The largest absolute Gasteiger partial charge is 0.324 e. The van der Waals surface area contributed by atoms with Gasteiger partial charge in [0.15, 0.2) is 0 Å². The van der Waals surface area contributed by atoms with E-state index in [9.17, 15) is 12.8 Å². The smallest absolute Gasteiger partial charge is 0.282 e. The Morgan fingerprint density at radius 3 is 2.68 bits per heavy atom. The summed E-state index contributed by atoms with van der Waals surface area (Å²) in [6, 6.07) is 3.96. The summed E-state index contributed by atoms with van der Waals surface area (Å²) in [4.78, 5) is 3.68. The minimum atomic E-state index is -4.03. The highest BCUT2D eigenvalue weighted by Gasteiger charge is 2.23. The van der Waals surface area contributed by atoms with E-state index in [2.05, 4.69) is 25.6 Å². The van der Waals surface area contributed by atoms with E-state index >= 15 is 0 Å². The van der Waals surface area contributed by atoms with Gasteiger partial charge in [-0.2, -0.15) is 8.42 Å². The van der Waals surface area contributed by atoms with Crippen molar-refractivity contribution in [3.63, 3.8) is 0 Å². The molecule has 0 bridgehead atoms. The summed E-state index contributed by atoms with van der Waals surface area (Å²) in [5.41, 5.74) is -0.176. The molecule has 0 aliphatic carbocycles. The third-order valence-corrected chi connectivity index (χ3v) is 4.61. The summed E-state index contributed by atoms with van der Waals surface area (Å²) in [6.45, 7) is 0. The second-order valence-electron chi connectivity index (χ2n) is 3.68. The van der Waals surface area contributed by atoms with Gasteiger partial charge in [0.2, 0.25) is 5.03 Å². The molecule has 0 spiro atoms. The SMILES string of the molecule is Cn1cnc(S(=O)(=O)Nc2ccc(Br)cc2F)c1Cl. The van der Waals surface area contributed by atoms with E-state index in [1.165, 1.54) is 23.0 Å². The number of rotatable bonds is 3. The first kappa shape index (κ1) is 14.3. The number of imidazole rings is 1. The molecule has 0 aliphatic rings. The number of hydrogen-bond acceptors (Lipinski definition) is 3. The zero-order valence-electron chi connectivity index (χ0n) is 9.56. The van der Waals surface area contributed by atoms with Gasteiger partial charge in [0.1, 0.15) is 11.0 Å². The van der Waals surface area contributed by atoms with Gasteiger partial charge in [0.25, 0.3) is 10.0 Å². The Balaban J connectivity index is 2.39. The molecule has 1 aromatic carbocycles. The molecule has 0 saturated heterocycles. The summed E-state index contributed by atoms with van der Waals surface area (Å²) in [7, 11) is -2.48. The van der Waals surface area contributed by atoms with Crippen LogP contribution in [0.4, 0.5) is 10.1 Å². The van der Waals surface area contributed by atoms with Crippen LogP contribution < -0.4 is 4.72 Å². The van der Waals surface area contributed by atoms with Gasteiger partial charge in [0.05, 0.1) is 12.0 Å². The highest BCUT2D eigenvalue weighted by Crippen LogP contribution is 2.24. The molecule has 102 valence electrons. The van der Waals surface area contributed by atoms with Crippen molar-refractivity contribution >= 4 is 43.2 Å². The molecule has 0 aliphatic heterocycles. The van der Waals surface area contributed by atoms with Crippen LogP contribution in [0.5, 0.6) is 0 Å². The predicted molar refractivity (Wildman–Crippen MR) is 73.1 cm³/mol. The molecule has 2 aromatic rings. The van der Waals surface area contributed by atoms with E-state index in [1.54, 1.807) is 7.05 Å². The van der Waals surface area contributed by atoms with Gasteiger partial charge in [-0.25, -0.2) is 9.37 Å². The summed E-state index contributed by atoms with van der Waals surface area (Å²) in [5.74, 6) is -0.704. The summed E-state index contributed by atoms with van der Waals surface area (Å²) in [6.07, 6.45) is 1.26. The van der Waals surface area contributed by atoms with Crippen molar-refractivity contribution in [2.45, 2.75) is 5.03 Å². The second-order valence-corrected chi connectivity index (χ2v) is 6.55. The Labute approximate surface area is 122 Å². The van der Waals surface area contributed by atoms with Crippen LogP contribution in [0, 0.1) is 5.82 Å². The highest BCUT2D eigenvalue weighted by atomic mass is 79.9. The molecule has 5 nitrogen and oxygen atoms in total. The predicted octanol–water partition coefficient (Wildman–Crippen LogP) is 2.78. The van der Waals surface area contributed by atoms with Crippen LogP contribution in [0.1, 0.15) is 0 Å². The molecule has 1 aromatic heterocycles. The Kier molecular flexibility index (Phi) is 3.84. The van der Waals surface area contributed by atoms with Crippen LogP contribution in [0.25, 0.3) is 0 Å².